The molecule has 0 amide bonds. The van der Waals surface area contributed by atoms with E-state index in [9.17, 15) is 8.42 Å². The zero-order valence-corrected chi connectivity index (χ0v) is 20.1. The second kappa shape index (κ2) is 8.37. The molecule has 0 spiro atoms. The average molecular weight is 496 g/mol. The molecule has 0 aliphatic carbocycles. The van der Waals surface area contributed by atoms with Gasteiger partial charge in [-0.1, -0.05) is 31.5 Å². The largest absolute Gasteiger partial charge is 0.784 e. The Bertz CT molecular complexity index is 921. The molecule has 2 bridgehead atoms. The zero-order chi connectivity index (χ0) is 21.7. The highest BCUT2D eigenvalue weighted by atomic mass is 32.5. The number of fused-ring (bicyclic) bond motifs is 2. The molecule has 0 aromatic heterocycles. The van der Waals surface area contributed by atoms with Gasteiger partial charge in [-0.05, 0) is 30.9 Å². The van der Waals surface area contributed by atoms with Crippen LogP contribution in [0.15, 0.2) is 29.2 Å². The fourth-order valence-corrected chi connectivity index (χ4v) is 7.15. The lowest BCUT2D eigenvalue weighted by molar-refractivity contribution is -0.176. The number of hydrogen-bond donors (Lipinski definition) is 0. The number of rotatable bonds is 5. The first-order chi connectivity index (χ1) is 14.0. The minimum absolute atomic E-state index is 0.0164. The molecule has 5 atom stereocenters. The molecule has 0 N–H and O–H groups in total. The van der Waals surface area contributed by atoms with Gasteiger partial charge in [-0.2, -0.15) is 8.42 Å². The summed E-state index contributed by atoms with van der Waals surface area (Å²) in [5.74, 6) is 0. The maximum atomic E-state index is 12.9. The van der Waals surface area contributed by atoms with E-state index in [1.54, 1.807) is 12.1 Å². The number of ether oxygens (including phenoxy) is 2. The highest BCUT2D eigenvalue weighted by Gasteiger charge is 2.51. The summed E-state index contributed by atoms with van der Waals surface area (Å²) in [6.07, 6.45) is -3.42. The van der Waals surface area contributed by atoms with E-state index < -0.39 is 46.7 Å². The fourth-order valence-electron chi connectivity index (χ4n) is 3.26. The van der Waals surface area contributed by atoms with Crippen molar-refractivity contribution in [2.45, 2.75) is 55.5 Å². The van der Waals surface area contributed by atoms with Gasteiger partial charge in [0.25, 0.3) is 10.1 Å². The van der Waals surface area contributed by atoms with Gasteiger partial charge in [-0.25, -0.2) is 0 Å². The molecule has 3 aliphatic rings. The van der Waals surface area contributed by atoms with Gasteiger partial charge in [0.1, 0.15) is 0 Å². The molecule has 8 nitrogen and oxygen atoms in total. The summed E-state index contributed by atoms with van der Waals surface area (Å²) >= 11 is 11.1. The Kier molecular flexibility index (Phi) is 6.44. The van der Waals surface area contributed by atoms with Gasteiger partial charge in [-0.3, -0.25) is 4.18 Å². The Balaban J connectivity index is 1.58. The predicted octanol–water partition coefficient (Wildman–Crippen LogP) is 2.42. The molecule has 0 saturated carbocycles. The third-order valence-electron chi connectivity index (χ3n) is 5.04. The second-order valence-electron chi connectivity index (χ2n) is 8.40. The van der Waals surface area contributed by atoms with Crippen LogP contribution in [-0.4, -0.2) is 58.1 Å². The standard InChI is InChI=1S/C18H25O8PS3/c1-11-4-6-12(7-5-11)30(19,20)26-15-14(16(28)13-8-21-17(15)24-13)25-27(29)22-9-18(2,3)10-23-27/h4-7,13-17,28H,8-10H2,1-3H3/p-1/t13-,14-,15-,16+,17-/m1/s1. The van der Waals surface area contributed by atoms with Crippen LogP contribution < -0.4 is 0 Å². The van der Waals surface area contributed by atoms with Crippen LogP contribution >= 0.6 is 6.72 Å². The van der Waals surface area contributed by atoms with E-state index in [2.05, 4.69) is 0 Å². The smallest absolute Gasteiger partial charge is 0.327 e. The summed E-state index contributed by atoms with van der Waals surface area (Å²) in [5.41, 5.74) is 0.734. The molecule has 0 unspecified atom stereocenters. The van der Waals surface area contributed by atoms with Gasteiger partial charge in [-0.15, -0.1) is 5.25 Å². The van der Waals surface area contributed by atoms with Gasteiger partial charge < -0.3 is 35.7 Å². The van der Waals surface area contributed by atoms with Gasteiger partial charge in [0.2, 0.25) is 0 Å². The zero-order valence-electron chi connectivity index (χ0n) is 16.8. The number of hydrogen-bond acceptors (Lipinski definition) is 10. The van der Waals surface area contributed by atoms with Crippen LogP contribution in [0.5, 0.6) is 0 Å². The van der Waals surface area contributed by atoms with E-state index in [-0.39, 0.29) is 16.9 Å². The molecule has 3 saturated heterocycles. The van der Waals surface area contributed by atoms with E-state index in [1.807, 2.05) is 20.8 Å². The topological polar surface area (TPSA) is 89.5 Å². The molecule has 1 aromatic carbocycles. The Morgan fingerprint density at radius 3 is 2.43 bits per heavy atom. The molecule has 1 aromatic rings. The van der Waals surface area contributed by atoms with Crippen LogP contribution in [-0.2, 0) is 61.8 Å². The maximum Gasteiger partial charge on any atom is 0.327 e. The molecule has 3 aliphatic heterocycles. The lowest BCUT2D eigenvalue weighted by Crippen LogP contribution is -2.55. The van der Waals surface area contributed by atoms with Crippen LogP contribution in [0, 0.1) is 12.3 Å². The van der Waals surface area contributed by atoms with E-state index >= 15 is 0 Å². The van der Waals surface area contributed by atoms with E-state index in [0.29, 0.717) is 13.2 Å². The second-order valence-corrected chi connectivity index (χ2v) is 13.5. The molecule has 12 heteroatoms. The van der Waals surface area contributed by atoms with Crippen molar-refractivity contribution in [1.29, 1.82) is 0 Å². The summed E-state index contributed by atoms with van der Waals surface area (Å²) in [7, 11) is -4.13. The molecule has 30 heavy (non-hydrogen) atoms. The van der Waals surface area contributed by atoms with Crippen LogP contribution in [0.3, 0.4) is 0 Å². The Morgan fingerprint density at radius 1 is 1.17 bits per heavy atom. The van der Waals surface area contributed by atoms with Crippen LogP contribution in [0.4, 0.5) is 0 Å². The minimum atomic E-state index is -4.13. The molecular formula is C18H24O8PS3-. The van der Waals surface area contributed by atoms with Gasteiger partial charge in [0.05, 0.1) is 36.9 Å². The maximum absolute atomic E-state index is 12.9. The lowest BCUT2D eigenvalue weighted by Gasteiger charge is -2.46. The van der Waals surface area contributed by atoms with Gasteiger partial charge in [0, 0.05) is 5.41 Å². The van der Waals surface area contributed by atoms with Crippen molar-refractivity contribution in [2.75, 3.05) is 19.8 Å². The summed E-state index contributed by atoms with van der Waals surface area (Å²) in [4.78, 5) is 0.0164. The number of benzene rings is 1. The quantitative estimate of drug-likeness (QED) is 0.345. The van der Waals surface area contributed by atoms with Crippen LogP contribution in [0.2, 0.25) is 0 Å². The third-order valence-corrected chi connectivity index (χ3v) is 9.22. The van der Waals surface area contributed by atoms with Gasteiger partial charge >= 0.3 is 6.72 Å². The fraction of sp³-hybridized carbons (Fsp3) is 0.667. The first-order valence-corrected chi connectivity index (χ1v) is 13.9. The Labute approximate surface area is 187 Å². The third kappa shape index (κ3) is 4.80. The molecule has 168 valence electrons. The molecule has 4 rings (SSSR count). The summed E-state index contributed by atoms with van der Waals surface area (Å²) < 4.78 is 60.2. The van der Waals surface area contributed by atoms with Gasteiger partial charge in [0.15, 0.2) is 12.4 Å². The van der Waals surface area contributed by atoms with Crippen molar-refractivity contribution in [2.24, 2.45) is 5.41 Å². The van der Waals surface area contributed by atoms with Crippen molar-refractivity contribution in [3.8, 4) is 0 Å². The average Bonchev–Trinajstić information content (AvgIpc) is 3.13. The monoisotopic (exact) mass is 495 g/mol. The molecule has 3 heterocycles. The molecule has 0 radical (unpaired) electrons. The van der Waals surface area contributed by atoms with Crippen molar-refractivity contribution in [1.82, 2.24) is 0 Å². The SMILES string of the molecule is Cc1ccc(S(=O)(=O)O[C@H]2[C@@H]3OC[C@@H](O3)[C@H]([S-])[C@@H]2OP2(=S)OCC(C)(C)CO2)cc1. The minimum Gasteiger partial charge on any atom is -0.784 e. The number of aryl methyl sites for hydroxylation is 1. The molecule has 3 fully saturated rings. The van der Waals surface area contributed by atoms with Crippen molar-refractivity contribution < 1.29 is 35.6 Å². The van der Waals surface area contributed by atoms with Crippen LogP contribution in [0.25, 0.3) is 0 Å². The first kappa shape index (κ1) is 23.1. The summed E-state index contributed by atoms with van der Waals surface area (Å²) in [6.45, 7) is 3.68. The van der Waals surface area contributed by atoms with E-state index in [4.69, 9.17) is 51.7 Å². The highest BCUT2D eigenvalue weighted by molar-refractivity contribution is 8.07. The predicted molar refractivity (Wildman–Crippen MR) is 114 cm³/mol. The van der Waals surface area contributed by atoms with E-state index in [0.717, 1.165) is 5.56 Å². The summed E-state index contributed by atoms with van der Waals surface area (Å²) in [6, 6.07) is 6.33. The Morgan fingerprint density at radius 2 is 1.80 bits per heavy atom. The van der Waals surface area contributed by atoms with E-state index in [1.165, 1.54) is 12.1 Å². The Hall–Kier alpha value is -0.0700. The van der Waals surface area contributed by atoms with Crippen molar-refractivity contribution in [3.05, 3.63) is 29.8 Å². The van der Waals surface area contributed by atoms with Crippen LogP contribution in [0.1, 0.15) is 19.4 Å². The summed E-state index contributed by atoms with van der Waals surface area (Å²) in [5, 5.41) is -0.649. The first-order valence-electron chi connectivity index (χ1n) is 9.48. The van der Waals surface area contributed by atoms with Crippen molar-refractivity contribution in [3.63, 3.8) is 0 Å². The lowest BCUT2D eigenvalue weighted by atomic mass is 9.97. The van der Waals surface area contributed by atoms with Crippen molar-refractivity contribution >= 4 is 41.3 Å². The normalized spacial score (nSPS) is 35.3. The molecular weight excluding hydrogens is 471 g/mol. The highest BCUT2D eigenvalue weighted by Crippen LogP contribution is 2.57.